The second kappa shape index (κ2) is 7.24. The molecule has 1 aromatic heterocycles. The lowest BCUT2D eigenvalue weighted by Gasteiger charge is -2.29. The molecule has 1 aliphatic heterocycles. The maximum absolute atomic E-state index is 13.0. The van der Waals surface area contributed by atoms with Crippen molar-refractivity contribution in [1.82, 2.24) is 9.97 Å². The van der Waals surface area contributed by atoms with E-state index in [2.05, 4.69) is 20.2 Å². The van der Waals surface area contributed by atoms with E-state index in [-0.39, 0.29) is 5.91 Å². The number of methoxy groups -OCH3 is 1. The smallest absolute Gasteiger partial charge is 0.257 e. The van der Waals surface area contributed by atoms with Gasteiger partial charge >= 0.3 is 0 Å². The Balaban J connectivity index is 1.67. The number of H-pyrrole nitrogens is 1. The van der Waals surface area contributed by atoms with Crippen molar-refractivity contribution in [2.24, 2.45) is 0 Å². The van der Waals surface area contributed by atoms with E-state index in [1.807, 2.05) is 12.1 Å². The van der Waals surface area contributed by atoms with Crippen LogP contribution in [0.1, 0.15) is 10.4 Å². The zero-order valence-electron chi connectivity index (χ0n) is 14.8. The number of hydrogen-bond donors (Lipinski definition) is 2. The van der Waals surface area contributed by atoms with Gasteiger partial charge in [0.05, 0.1) is 26.0 Å². The number of imidazole rings is 1. The average Bonchev–Trinajstić information content (AvgIpc) is 3.11. The number of carbonyl (C=O) groups is 1. The zero-order chi connectivity index (χ0) is 18.8. The van der Waals surface area contributed by atoms with Crippen molar-refractivity contribution in [3.05, 3.63) is 47.8 Å². The number of rotatable bonds is 4. The number of aromatic amines is 1. The minimum atomic E-state index is -0.393. The van der Waals surface area contributed by atoms with Gasteiger partial charge in [0.2, 0.25) is 5.95 Å². The number of hydrogen-bond acceptors (Lipinski definition) is 5. The van der Waals surface area contributed by atoms with E-state index >= 15 is 0 Å². The highest BCUT2D eigenvalue weighted by Crippen LogP contribution is 2.33. The Morgan fingerprint density at radius 1 is 1.22 bits per heavy atom. The van der Waals surface area contributed by atoms with Crippen LogP contribution in [0.25, 0.3) is 11.0 Å². The number of halogens is 1. The maximum Gasteiger partial charge on any atom is 0.257 e. The monoisotopic (exact) mass is 370 g/mol. The van der Waals surface area contributed by atoms with Crippen LogP contribution in [0.2, 0.25) is 0 Å². The molecule has 2 N–H and O–H groups in total. The number of carbonyl (C=O) groups excluding carboxylic acids is 1. The molecule has 2 aromatic carbocycles. The molecule has 0 unspecified atom stereocenters. The molecule has 3 aromatic rings. The predicted molar refractivity (Wildman–Crippen MR) is 100 cm³/mol. The number of nitrogens with one attached hydrogen (secondary N) is 2. The molecule has 2 heterocycles. The first kappa shape index (κ1) is 17.3. The van der Waals surface area contributed by atoms with Crippen LogP contribution in [0, 0.1) is 5.82 Å². The molecule has 0 saturated carbocycles. The maximum atomic E-state index is 13.0. The molecule has 0 aliphatic carbocycles. The molecular formula is C19H19FN4O3. The zero-order valence-corrected chi connectivity index (χ0v) is 14.8. The van der Waals surface area contributed by atoms with Gasteiger partial charge in [-0.15, -0.1) is 0 Å². The molecule has 140 valence electrons. The third-order valence-electron chi connectivity index (χ3n) is 4.50. The summed E-state index contributed by atoms with van der Waals surface area (Å²) in [5, 5.41) is 2.72. The number of amides is 1. The first-order chi connectivity index (χ1) is 13.2. The fraction of sp³-hybridized carbons (Fsp3) is 0.263. The molecule has 0 atom stereocenters. The Morgan fingerprint density at radius 2 is 1.96 bits per heavy atom. The van der Waals surface area contributed by atoms with E-state index < -0.39 is 5.82 Å². The highest BCUT2D eigenvalue weighted by molar-refractivity contribution is 6.04. The topological polar surface area (TPSA) is 79.5 Å². The normalized spacial score (nSPS) is 14.4. The lowest BCUT2D eigenvalue weighted by atomic mass is 10.2. The fourth-order valence-corrected chi connectivity index (χ4v) is 3.12. The summed E-state index contributed by atoms with van der Waals surface area (Å²) in [6.45, 7) is 2.86. The number of aromatic nitrogens is 2. The molecule has 1 aliphatic rings. The van der Waals surface area contributed by atoms with Crippen LogP contribution in [0.4, 0.5) is 16.0 Å². The molecule has 1 amide bonds. The lowest BCUT2D eigenvalue weighted by molar-refractivity contribution is 0.102. The Kier molecular flexibility index (Phi) is 4.64. The number of nitrogens with zero attached hydrogens (tertiary/aromatic N) is 2. The van der Waals surface area contributed by atoms with Crippen molar-refractivity contribution in [1.29, 1.82) is 0 Å². The highest BCUT2D eigenvalue weighted by atomic mass is 19.1. The quantitative estimate of drug-likeness (QED) is 0.738. The molecule has 4 rings (SSSR count). The number of fused-ring (bicyclic) bond motifs is 1. The summed E-state index contributed by atoms with van der Waals surface area (Å²) in [6, 6.07) is 9.16. The average molecular weight is 370 g/mol. The second-order valence-corrected chi connectivity index (χ2v) is 6.16. The number of anilines is 2. The summed E-state index contributed by atoms with van der Waals surface area (Å²) >= 11 is 0. The van der Waals surface area contributed by atoms with E-state index in [9.17, 15) is 9.18 Å². The first-order valence-electron chi connectivity index (χ1n) is 8.62. The van der Waals surface area contributed by atoms with Gasteiger partial charge in [0.25, 0.3) is 5.91 Å². The second-order valence-electron chi connectivity index (χ2n) is 6.16. The summed E-state index contributed by atoms with van der Waals surface area (Å²) < 4.78 is 23.9. The van der Waals surface area contributed by atoms with Crippen molar-refractivity contribution in [2.45, 2.75) is 0 Å². The molecule has 0 spiro atoms. The van der Waals surface area contributed by atoms with Crippen LogP contribution in [-0.4, -0.2) is 49.3 Å². The molecule has 1 fully saturated rings. The first-order valence-corrected chi connectivity index (χ1v) is 8.62. The molecule has 0 radical (unpaired) electrons. The molecular weight excluding hydrogens is 351 g/mol. The summed E-state index contributed by atoms with van der Waals surface area (Å²) in [5.74, 6) is 0.172. The Morgan fingerprint density at radius 3 is 2.67 bits per heavy atom. The summed E-state index contributed by atoms with van der Waals surface area (Å²) in [4.78, 5) is 22.2. The van der Waals surface area contributed by atoms with Crippen LogP contribution in [-0.2, 0) is 4.74 Å². The van der Waals surface area contributed by atoms with Crippen LogP contribution in [0.3, 0.4) is 0 Å². The number of ether oxygens (including phenoxy) is 2. The molecule has 27 heavy (non-hydrogen) atoms. The van der Waals surface area contributed by atoms with Gasteiger partial charge < -0.3 is 19.4 Å². The van der Waals surface area contributed by atoms with E-state index in [4.69, 9.17) is 9.47 Å². The van der Waals surface area contributed by atoms with Crippen LogP contribution in [0.5, 0.6) is 5.75 Å². The lowest BCUT2D eigenvalue weighted by Crippen LogP contribution is -2.36. The highest BCUT2D eigenvalue weighted by Gasteiger charge is 2.19. The van der Waals surface area contributed by atoms with Gasteiger partial charge in [0.1, 0.15) is 22.6 Å². The Bertz CT molecular complexity index is 965. The summed E-state index contributed by atoms with van der Waals surface area (Å²) in [5.41, 5.74) is 2.71. The van der Waals surface area contributed by atoms with Crippen LogP contribution < -0.4 is 15.0 Å². The van der Waals surface area contributed by atoms with Gasteiger partial charge in [0, 0.05) is 18.7 Å². The SMILES string of the molecule is COc1ccc(N2CCOCC2)c2nc(NC(=O)c3ccc(F)cc3)[nH]c12. The van der Waals surface area contributed by atoms with Crippen molar-refractivity contribution >= 4 is 28.6 Å². The Labute approximate surface area is 155 Å². The van der Waals surface area contributed by atoms with Gasteiger partial charge in [-0.1, -0.05) is 0 Å². The van der Waals surface area contributed by atoms with E-state index in [1.54, 1.807) is 7.11 Å². The van der Waals surface area contributed by atoms with Crippen molar-refractivity contribution in [3.63, 3.8) is 0 Å². The number of benzene rings is 2. The standard InChI is InChI=1S/C19H19FN4O3/c1-26-15-7-6-14(24-8-10-27-11-9-24)16-17(15)22-19(21-16)23-18(25)12-2-4-13(20)5-3-12/h2-7H,8-11H2,1H3,(H2,21,22,23,25). The molecule has 7 nitrogen and oxygen atoms in total. The van der Waals surface area contributed by atoms with Gasteiger partial charge in [-0.25, -0.2) is 9.37 Å². The Hall–Kier alpha value is -3.13. The van der Waals surface area contributed by atoms with Gasteiger partial charge in [0.15, 0.2) is 0 Å². The van der Waals surface area contributed by atoms with Crippen LogP contribution in [0.15, 0.2) is 36.4 Å². The largest absolute Gasteiger partial charge is 0.494 e. The van der Waals surface area contributed by atoms with Gasteiger partial charge in [-0.2, -0.15) is 0 Å². The predicted octanol–water partition coefficient (Wildman–Crippen LogP) is 2.80. The van der Waals surface area contributed by atoms with Crippen molar-refractivity contribution < 1.29 is 18.7 Å². The third-order valence-corrected chi connectivity index (χ3v) is 4.50. The minimum absolute atomic E-state index is 0.304. The van der Waals surface area contributed by atoms with Crippen LogP contribution >= 0.6 is 0 Å². The van der Waals surface area contributed by atoms with Crippen molar-refractivity contribution in [2.75, 3.05) is 43.6 Å². The summed E-state index contributed by atoms with van der Waals surface area (Å²) in [7, 11) is 1.58. The number of morpholine rings is 1. The van der Waals surface area contributed by atoms with Gasteiger partial charge in [-0.05, 0) is 36.4 Å². The van der Waals surface area contributed by atoms with E-state index in [0.717, 1.165) is 18.8 Å². The molecule has 0 bridgehead atoms. The fourth-order valence-electron chi connectivity index (χ4n) is 3.12. The van der Waals surface area contributed by atoms with E-state index in [1.165, 1.54) is 24.3 Å². The minimum Gasteiger partial charge on any atom is -0.494 e. The van der Waals surface area contributed by atoms with Crippen molar-refractivity contribution in [3.8, 4) is 5.75 Å². The van der Waals surface area contributed by atoms with E-state index in [0.29, 0.717) is 41.5 Å². The molecule has 8 heteroatoms. The summed E-state index contributed by atoms with van der Waals surface area (Å²) in [6.07, 6.45) is 0. The third kappa shape index (κ3) is 3.43. The van der Waals surface area contributed by atoms with Gasteiger partial charge in [-0.3, -0.25) is 10.1 Å². The molecule has 1 saturated heterocycles.